The molecule has 3 nitrogen and oxygen atoms in total. The van der Waals surface area contributed by atoms with Crippen molar-refractivity contribution in [2.75, 3.05) is 5.75 Å². The van der Waals surface area contributed by atoms with Gasteiger partial charge in [-0.2, -0.15) is 0 Å². The van der Waals surface area contributed by atoms with Crippen molar-refractivity contribution >= 4 is 9.84 Å². The van der Waals surface area contributed by atoms with Gasteiger partial charge in [-0.05, 0) is 18.6 Å². The Balaban J connectivity index is 2.63. The van der Waals surface area contributed by atoms with Gasteiger partial charge in [0.15, 0.2) is 9.84 Å². The smallest absolute Gasteiger partial charge is 0.181 e. The van der Waals surface area contributed by atoms with Crippen LogP contribution in [0.1, 0.15) is 19.8 Å². The Morgan fingerprint density at radius 2 is 1.94 bits per heavy atom. The SMILES string of the molecule is CCCC(O)/C=C\CS(=O)(=O)c1ccccc1. The zero-order valence-electron chi connectivity index (χ0n) is 9.91. The van der Waals surface area contributed by atoms with Crippen molar-refractivity contribution in [3.05, 3.63) is 42.5 Å². The molecule has 1 aromatic carbocycles. The fraction of sp³-hybridized carbons (Fsp3) is 0.385. The van der Waals surface area contributed by atoms with E-state index >= 15 is 0 Å². The van der Waals surface area contributed by atoms with Gasteiger partial charge >= 0.3 is 0 Å². The second-order valence-electron chi connectivity index (χ2n) is 3.88. The van der Waals surface area contributed by atoms with E-state index in [1.807, 2.05) is 6.92 Å². The van der Waals surface area contributed by atoms with E-state index in [0.717, 1.165) is 6.42 Å². The molecule has 0 saturated heterocycles. The first kappa shape index (κ1) is 13.9. The second kappa shape index (κ2) is 6.57. The minimum absolute atomic E-state index is 0.0716. The molecule has 0 saturated carbocycles. The van der Waals surface area contributed by atoms with Crippen LogP contribution in [-0.2, 0) is 9.84 Å². The number of aliphatic hydroxyl groups is 1. The Hall–Kier alpha value is -1.13. The molecule has 1 unspecified atom stereocenters. The predicted molar refractivity (Wildman–Crippen MR) is 68.5 cm³/mol. The summed E-state index contributed by atoms with van der Waals surface area (Å²) in [6, 6.07) is 8.32. The molecule has 0 aromatic heterocycles. The van der Waals surface area contributed by atoms with Crippen LogP contribution in [0.15, 0.2) is 47.4 Å². The fourth-order valence-electron chi connectivity index (χ4n) is 1.46. The monoisotopic (exact) mass is 254 g/mol. The Morgan fingerprint density at radius 3 is 2.53 bits per heavy atom. The van der Waals surface area contributed by atoms with Gasteiger partial charge in [-0.1, -0.05) is 43.7 Å². The van der Waals surface area contributed by atoms with Crippen LogP contribution in [-0.4, -0.2) is 25.4 Å². The maximum absolute atomic E-state index is 11.8. The Bertz CT molecular complexity index is 449. The average molecular weight is 254 g/mol. The molecule has 0 aliphatic heterocycles. The summed E-state index contributed by atoms with van der Waals surface area (Å²) in [4.78, 5) is 0.314. The van der Waals surface area contributed by atoms with Gasteiger partial charge in [0.1, 0.15) is 0 Å². The van der Waals surface area contributed by atoms with E-state index < -0.39 is 15.9 Å². The Kier molecular flexibility index (Phi) is 5.38. The summed E-state index contributed by atoms with van der Waals surface area (Å²) in [6.07, 6.45) is 4.04. The number of benzene rings is 1. The van der Waals surface area contributed by atoms with Crippen molar-refractivity contribution in [3.63, 3.8) is 0 Å². The van der Waals surface area contributed by atoms with Crippen molar-refractivity contribution in [3.8, 4) is 0 Å². The van der Waals surface area contributed by atoms with E-state index in [1.54, 1.807) is 36.4 Å². The molecule has 94 valence electrons. The number of rotatable bonds is 6. The molecular weight excluding hydrogens is 236 g/mol. The van der Waals surface area contributed by atoms with Crippen molar-refractivity contribution in [2.45, 2.75) is 30.8 Å². The molecule has 4 heteroatoms. The third-order valence-corrected chi connectivity index (χ3v) is 3.98. The summed E-state index contributed by atoms with van der Waals surface area (Å²) in [7, 11) is -3.27. The van der Waals surface area contributed by atoms with Crippen LogP contribution in [0.4, 0.5) is 0 Å². The van der Waals surface area contributed by atoms with Gasteiger partial charge < -0.3 is 5.11 Å². The topological polar surface area (TPSA) is 54.4 Å². The van der Waals surface area contributed by atoms with E-state index in [2.05, 4.69) is 0 Å². The number of aliphatic hydroxyl groups excluding tert-OH is 1. The number of sulfone groups is 1. The summed E-state index contributed by atoms with van der Waals surface area (Å²) in [5, 5.41) is 9.43. The zero-order valence-corrected chi connectivity index (χ0v) is 10.7. The number of hydrogen-bond donors (Lipinski definition) is 1. The molecule has 0 radical (unpaired) electrons. The van der Waals surface area contributed by atoms with Crippen LogP contribution in [0.5, 0.6) is 0 Å². The molecule has 0 spiro atoms. The molecule has 0 heterocycles. The minimum atomic E-state index is -3.27. The van der Waals surface area contributed by atoms with E-state index in [9.17, 15) is 13.5 Å². The van der Waals surface area contributed by atoms with E-state index in [-0.39, 0.29) is 5.75 Å². The summed E-state index contributed by atoms with van der Waals surface area (Å²) in [6.45, 7) is 1.97. The highest BCUT2D eigenvalue weighted by atomic mass is 32.2. The average Bonchev–Trinajstić information content (AvgIpc) is 2.30. The molecule has 1 rings (SSSR count). The second-order valence-corrected chi connectivity index (χ2v) is 5.91. The van der Waals surface area contributed by atoms with Crippen LogP contribution in [0, 0.1) is 0 Å². The molecule has 17 heavy (non-hydrogen) atoms. The zero-order chi connectivity index (χ0) is 12.7. The van der Waals surface area contributed by atoms with Gasteiger partial charge in [-0.3, -0.25) is 0 Å². The van der Waals surface area contributed by atoms with Crippen LogP contribution < -0.4 is 0 Å². The first-order chi connectivity index (χ1) is 8.06. The quantitative estimate of drug-likeness (QED) is 0.792. The Morgan fingerprint density at radius 1 is 1.29 bits per heavy atom. The lowest BCUT2D eigenvalue weighted by molar-refractivity contribution is 0.211. The van der Waals surface area contributed by atoms with Crippen LogP contribution in [0.2, 0.25) is 0 Å². The van der Waals surface area contributed by atoms with E-state index in [0.29, 0.717) is 11.3 Å². The highest BCUT2D eigenvalue weighted by Gasteiger charge is 2.11. The van der Waals surface area contributed by atoms with Crippen LogP contribution >= 0.6 is 0 Å². The van der Waals surface area contributed by atoms with Gasteiger partial charge in [0, 0.05) is 0 Å². The highest BCUT2D eigenvalue weighted by Crippen LogP contribution is 2.10. The van der Waals surface area contributed by atoms with E-state index in [1.165, 1.54) is 6.08 Å². The summed E-state index contributed by atoms with van der Waals surface area (Å²) in [5.41, 5.74) is 0. The molecule has 0 amide bonds. The predicted octanol–water partition coefficient (Wildman–Crippen LogP) is 2.18. The lowest BCUT2D eigenvalue weighted by Crippen LogP contribution is -2.06. The van der Waals surface area contributed by atoms with Crippen molar-refractivity contribution in [1.29, 1.82) is 0 Å². The molecule has 0 aliphatic rings. The molecule has 1 atom stereocenters. The van der Waals surface area contributed by atoms with Gasteiger partial charge in [0.25, 0.3) is 0 Å². The molecule has 0 aliphatic carbocycles. The third-order valence-electron chi connectivity index (χ3n) is 2.36. The molecule has 0 fully saturated rings. The van der Waals surface area contributed by atoms with E-state index in [4.69, 9.17) is 0 Å². The first-order valence-corrected chi connectivity index (χ1v) is 7.34. The van der Waals surface area contributed by atoms with Crippen LogP contribution in [0.25, 0.3) is 0 Å². The lowest BCUT2D eigenvalue weighted by Gasteiger charge is -2.03. The minimum Gasteiger partial charge on any atom is -0.389 e. The van der Waals surface area contributed by atoms with Gasteiger partial charge in [0.05, 0.1) is 16.8 Å². The van der Waals surface area contributed by atoms with Gasteiger partial charge in [-0.25, -0.2) is 8.42 Å². The summed E-state index contributed by atoms with van der Waals surface area (Å²) >= 11 is 0. The largest absolute Gasteiger partial charge is 0.389 e. The van der Waals surface area contributed by atoms with Crippen LogP contribution in [0.3, 0.4) is 0 Å². The highest BCUT2D eigenvalue weighted by molar-refractivity contribution is 7.91. The standard InChI is InChI=1S/C13H18O3S/c1-2-7-12(14)8-6-11-17(15,16)13-9-4-3-5-10-13/h3-6,8-10,12,14H,2,7,11H2,1H3/b8-6-. The Labute approximate surface area is 103 Å². The van der Waals surface area contributed by atoms with Crippen molar-refractivity contribution in [1.82, 2.24) is 0 Å². The van der Waals surface area contributed by atoms with Gasteiger partial charge in [0.2, 0.25) is 0 Å². The normalized spacial score (nSPS) is 14.0. The van der Waals surface area contributed by atoms with Gasteiger partial charge in [-0.15, -0.1) is 0 Å². The molecule has 0 bridgehead atoms. The third kappa shape index (κ3) is 4.71. The summed E-state index contributed by atoms with van der Waals surface area (Å²) < 4.78 is 23.7. The van der Waals surface area contributed by atoms with Crippen molar-refractivity contribution < 1.29 is 13.5 Å². The summed E-state index contributed by atoms with van der Waals surface area (Å²) in [5.74, 6) is -0.0716. The maximum atomic E-state index is 11.8. The molecule has 1 N–H and O–H groups in total. The lowest BCUT2D eigenvalue weighted by atomic mass is 10.2. The first-order valence-electron chi connectivity index (χ1n) is 5.69. The molecular formula is C13H18O3S. The number of hydrogen-bond acceptors (Lipinski definition) is 3. The fourth-order valence-corrected chi connectivity index (χ4v) is 2.58. The van der Waals surface area contributed by atoms with Crippen molar-refractivity contribution in [2.24, 2.45) is 0 Å². The molecule has 1 aromatic rings. The maximum Gasteiger partial charge on any atom is 0.181 e.